The summed E-state index contributed by atoms with van der Waals surface area (Å²) in [6.07, 6.45) is 1.05. The Bertz CT molecular complexity index is 206. The summed E-state index contributed by atoms with van der Waals surface area (Å²) in [6, 6.07) is 0. The Kier molecular flexibility index (Phi) is 6.65. The minimum Gasteiger partial charge on any atom is -0.380 e. The number of amides is 1. The number of hydrogen-bond donors (Lipinski definition) is 0. The molecular weight excluding hydrogens is 202 g/mol. The summed E-state index contributed by atoms with van der Waals surface area (Å²) in [4.78, 5) is 13.3. The molecule has 0 heterocycles. The Labute approximate surface area is 100 Å². The summed E-state index contributed by atoms with van der Waals surface area (Å²) in [7, 11) is 1.83. The lowest BCUT2D eigenvalue weighted by atomic mass is 9.93. The first kappa shape index (κ1) is 15.4. The third kappa shape index (κ3) is 7.69. The molecule has 0 rings (SSSR count). The van der Waals surface area contributed by atoms with E-state index in [-0.39, 0.29) is 11.8 Å². The lowest BCUT2D eigenvalue weighted by molar-refractivity contribution is -0.133. The molecule has 0 atom stereocenters. The van der Waals surface area contributed by atoms with E-state index in [1.54, 1.807) is 4.90 Å². The van der Waals surface area contributed by atoms with Crippen LogP contribution in [0.5, 0.6) is 0 Å². The van der Waals surface area contributed by atoms with Gasteiger partial charge in [0.05, 0.1) is 6.61 Å². The number of nitrogens with zero attached hydrogens (tertiary/aromatic N) is 1. The van der Waals surface area contributed by atoms with Gasteiger partial charge in [-0.05, 0) is 11.8 Å². The standard InChI is InChI=1S/C13H27NO2/c1-11(2)12(15)14(6)8-10-16-9-7-13(3,4)5/h11H,7-10H2,1-6H3. The van der Waals surface area contributed by atoms with Crippen molar-refractivity contribution in [2.45, 2.75) is 41.0 Å². The van der Waals surface area contributed by atoms with Crippen molar-refractivity contribution in [2.24, 2.45) is 11.3 Å². The predicted molar refractivity (Wildman–Crippen MR) is 67.4 cm³/mol. The highest BCUT2D eigenvalue weighted by Crippen LogP contribution is 2.17. The molecule has 0 aliphatic carbocycles. The zero-order valence-corrected chi connectivity index (χ0v) is 11.7. The molecular formula is C13H27NO2. The molecule has 1 amide bonds. The molecule has 0 aromatic rings. The number of likely N-dealkylation sites (N-methyl/N-ethyl adjacent to an activating group) is 1. The Balaban J connectivity index is 3.56. The third-order valence-corrected chi connectivity index (χ3v) is 2.44. The molecule has 0 aromatic carbocycles. The second-order valence-corrected chi connectivity index (χ2v) is 5.84. The summed E-state index contributed by atoms with van der Waals surface area (Å²) in [6.45, 7) is 12.5. The molecule has 0 aliphatic rings. The molecule has 96 valence electrons. The highest BCUT2D eigenvalue weighted by Gasteiger charge is 2.13. The van der Waals surface area contributed by atoms with Crippen LogP contribution in [0.1, 0.15) is 41.0 Å². The second-order valence-electron chi connectivity index (χ2n) is 5.84. The van der Waals surface area contributed by atoms with E-state index in [1.807, 2.05) is 20.9 Å². The fourth-order valence-electron chi connectivity index (χ4n) is 1.23. The monoisotopic (exact) mass is 229 g/mol. The third-order valence-electron chi connectivity index (χ3n) is 2.44. The van der Waals surface area contributed by atoms with Crippen molar-refractivity contribution in [3.63, 3.8) is 0 Å². The quantitative estimate of drug-likeness (QED) is 0.655. The van der Waals surface area contributed by atoms with Crippen LogP contribution in [0.4, 0.5) is 0 Å². The average molecular weight is 229 g/mol. The highest BCUT2D eigenvalue weighted by molar-refractivity contribution is 5.77. The van der Waals surface area contributed by atoms with Gasteiger partial charge in [-0.3, -0.25) is 4.79 Å². The van der Waals surface area contributed by atoms with Crippen molar-refractivity contribution in [2.75, 3.05) is 26.8 Å². The van der Waals surface area contributed by atoms with E-state index in [1.165, 1.54) is 0 Å². The van der Waals surface area contributed by atoms with E-state index in [2.05, 4.69) is 20.8 Å². The average Bonchev–Trinajstić information content (AvgIpc) is 2.13. The lowest BCUT2D eigenvalue weighted by Crippen LogP contribution is -2.33. The summed E-state index contributed by atoms with van der Waals surface area (Å²) in [5, 5.41) is 0. The van der Waals surface area contributed by atoms with Gasteiger partial charge >= 0.3 is 0 Å². The van der Waals surface area contributed by atoms with Gasteiger partial charge in [-0.2, -0.15) is 0 Å². The molecule has 0 bridgehead atoms. The molecule has 3 nitrogen and oxygen atoms in total. The van der Waals surface area contributed by atoms with Crippen molar-refractivity contribution in [3.05, 3.63) is 0 Å². The summed E-state index contributed by atoms with van der Waals surface area (Å²) in [5.41, 5.74) is 0.319. The molecule has 0 fully saturated rings. The first-order chi connectivity index (χ1) is 7.24. The molecule has 0 saturated heterocycles. The van der Waals surface area contributed by atoms with Crippen LogP contribution in [0, 0.1) is 11.3 Å². The van der Waals surface area contributed by atoms with Gasteiger partial charge in [0.2, 0.25) is 5.91 Å². The molecule has 0 N–H and O–H groups in total. The van der Waals surface area contributed by atoms with Crippen LogP contribution in [0.25, 0.3) is 0 Å². The summed E-state index contributed by atoms with van der Waals surface area (Å²) < 4.78 is 5.52. The number of carbonyl (C=O) groups is 1. The Hall–Kier alpha value is -0.570. The molecule has 0 aliphatic heterocycles. The fraction of sp³-hybridized carbons (Fsp3) is 0.923. The largest absolute Gasteiger partial charge is 0.380 e. The number of ether oxygens (including phenoxy) is 1. The van der Waals surface area contributed by atoms with Crippen molar-refractivity contribution >= 4 is 5.91 Å². The SMILES string of the molecule is CC(C)C(=O)N(C)CCOCCC(C)(C)C. The maximum absolute atomic E-state index is 11.5. The van der Waals surface area contributed by atoms with Crippen LogP contribution in [-0.4, -0.2) is 37.6 Å². The van der Waals surface area contributed by atoms with Gasteiger partial charge in [0.15, 0.2) is 0 Å². The molecule has 0 spiro atoms. The second kappa shape index (κ2) is 6.89. The van der Waals surface area contributed by atoms with Crippen molar-refractivity contribution in [1.29, 1.82) is 0 Å². The highest BCUT2D eigenvalue weighted by atomic mass is 16.5. The maximum atomic E-state index is 11.5. The minimum absolute atomic E-state index is 0.0691. The Morgan fingerprint density at radius 1 is 1.25 bits per heavy atom. The number of rotatable bonds is 6. The zero-order chi connectivity index (χ0) is 12.8. The molecule has 0 aromatic heterocycles. The topological polar surface area (TPSA) is 29.5 Å². The molecule has 0 radical (unpaired) electrons. The fourth-order valence-corrected chi connectivity index (χ4v) is 1.23. The smallest absolute Gasteiger partial charge is 0.224 e. The number of hydrogen-bond acceptors (Lipinski definition) is 2. The van der Waals surface area contributed by atoms with Gasteiger partial charge in [-0.1, -0.05) is 34.6 Å². The number of carbonyl (C=O) groups excluding carboxylic acids is 1. The van der Waals surface area contributed by atoms with E-state index in [9.17, 15) is 4.79 Å². The van der Waals surface area contributed by atoms with Gasteiger partial charge in [0, 0.05) is 26.1 Å². The van der Waals surface area contributed by atoms with Gasteiger partial charge in [0.25, 0.3) is 0 Å². The van der Waals surface area contributed by atoms with Crippen LogP contribution in [0.15, 0.2) is 0 Å². The van der Waals surface area contributed by atoms with Gasteiger partial charge < -0.3 is 9.64 Å². The van der Waals surface area contributed by atoms with E-state index in [4.69, 9.17) is 4.74 Å². The van der Waals surface area contributed by atoms with E-state index in [0.717, 1.165) is 13.0 Å². The van der Waals surface area contributed by atoms with Crippen LogP contribution < -0.4 is 0 Å². The van der Waals surface area contributed by atoms with Crippen LogP contribution >= 0.6 is 0 Å². The zero-order valence-electron chi connectivity index (χ0n) is 11.7. The van der Waals surface area contributed by atoms with Crippen molar-refractivity contribution in [3.8, 4) is 0 Å². The van der Waals surface area contributed by atoms with E-state index >= 15 is 0 Å². The summed E-state index contributed by atoms with van der Waals surface area (Å²) >= 11 is 0. The van der Waals surface area contributed by atoms with E-state index in [0.29, 0.717) is 18.6 Å². The Morgan fingerprint density at radius 2 is 1.81 bits per heavy atom. The normalized spacial score (nSPS) is 11.9. The van der Waals surface area contributed by atoms with E-state index < -0.39 is 0 Å². The first-order valence-electron chi connectivity index (χ1n) is 6.07. The Morgan fingerprint density at radius 3 is 2.25 bits per heavy atom. The molecule has 0 unspecified atom stereocenters. The van der Waals surface area contributed by atoms with Gasteiger partial charge in [0.1, 0.15) is 0 Å². The first-order valence-corrected chi connectivity index (χ1v) is 6.07. The molecule has 16 heavy (non-hydrogen) atoms. The minimum atomic E-state index is 0.0691. The van der Waals surface area contributed by atoms with Crippen LogP contribution in [-0.2, 0) is 9.53 Å². The van der Waals surface area contributed by atoms with Crippen molar-refractivity contribution in [1.82, 2.24) is 4.90 Å². The van der Waals surface area contributed by atoms with Gasteiger partial charge in [-0.25, -0.2) is 0 Å². The molecule has 0 saturated carbocycles. The van der Waals surface area contributed by atoms with Crippen molar-refractivity contribution < 1.29 is 9.53 Å². The summed E-state index contributed by atoms with van der Waals surface area (Å²) in [5.74, 6) is 0.249. The molecule has 3 heteroatoms. The van der Waals surface area contributed by atoms with Crippen LogP contribution in [0.3, 0.4) is 0 Å². The predicted octanol–water partition coefficient (Wildman–Crippen LogP) is 2.55. The maximum Gasteiger partial charge on any atom is 0.224 e. The van der Waals surface area contributed by atoms with Crippen LogP contribution in [0.2, 0.25) is 0 Å². The lowest BCUT2D eigenvalue weighted by Gasteiger charge is -2.21. The van der Waals surface area contributed by atoms with Gasteiger partial charge in [-0.15, -0.1) is 0 Å².